The normalized spacial score (nSPS) is 13.5. The molecule has 0 bridgehead atoms. The van der Waals surface area contributed by atoms with Crippen molar-refractivity contribution in [2.75, 3.05) is 0 Å². The zero-order chi connectivity index (χ0) is 14.0. The number of aryl methyl sites for hydroxylation is 1. The lowest BCUT2D eigenvalue weighted by atomic mass is 9.76. The maximum Gasteiger partial charge on any atom is 0.123 e. The summed E-state index contributed by atoms with van der Waals surface area (Å²) in [6.45, 7) is 4.11. The summed E-state index contributed by atoms with van der Waals surface area (Å²) in [6, 6.07) is 8.26. The second kappa shape index (κ2) is 5.11. The predicted molar refractivity (Wildman–Crippen MR) is 72.7 cm³/mol. The van der Waals surface area contributed by atoms with Crippen LogP contribution >= 0.6 is 0 Å². The summed E-state index contributed by atoms with van der Waals surface area (Å²) in [5.41, 5.74) is 4.37. The summed E-state index contributed by atoms with van der Waals surface area (Å²) in [5.74, 6) is 5.45. The molecule has 0 aliphatic rings. The van der Waals surface area contributed by atoms with Gasteiger partial charge < -0.3 is 0 Å². The van der Waals surface area contributed by atoms with E-state index in [1.807, 2.05) is 19.3 Å². The molecule has 0 saturated heterocycles. The number of hydrogen-bond acceptors (Lipinski definition) is 3. The average Bonchev–Trinajstić information content (AvgIpc) is 2.77. The fourth-order valence-electron chi connectivity index (χ4n) is 2.30. The minimum Gasteiger partial charge on any atom is -0.275 e. The first-order valence-electron chi connectivity index (χ1n) is 6.17. The van der Waals surface area contributed by atoms with Gasteiger partial charge in [-0.1, -0.05) is 26.0 Å². The van der Waals surface area contributed by atoms with E-state index in [-0.39, 0.29) is 17.3 Å². The molecule has 102 valence electrons. The SMILES string of the molecule is Cn1ccc(C(NN)C(C)(C)c2ccc(F)cc2)n1. The zero-order valence-electron chi connectivity index (χ0n) is 11.4. The first-order chi connectivity index (χ1) is 8.95. The summed E-state index contributed by atoms with van der Waals surface area (Å²) in [4.78, 5) is 0. The Balaban J connectivity index is 2.38. The highest BCUT2D eigenvalue weighted by Crippen LogP contribution is 2.35. The lowest BCUT2D eigenvalue weighted by molar-refractivity contribution is 0.343. The molecule has 1 atom stereocenters. The molecule has 1 aromatic heterocycles. The fourth-order valence-corrected chi connectivity index (χ4v) is 2.30. The van der Waals surface area contributed by atoms with E-state index in [1.165, 1.54) is 12.1 Å². The van der Waals surface area contributed by atoms with Crippen LogP contribution in [-0.4, -0.2) is 9.78 Å². The molecule has 0 amide bonds. The summed E-state index contributed by atoms with van der Waals surface area (Å²) < 4.78 is 14.8. The Morgan fingerprint density at radius 1 is 1.26 bits per heavy atom. The van der Waals surface area contributed by atoms with Gasteiger partial charge in [0.05, 0.1) is 11.7 Å². The highest BCUT2D eigenvalue weighted by Gasteiger charge is 2.33. The lowest BCUT2D eigenvalue weighted by Gasteiger charge is -2.33. The number of nitrogens with zero attached hydrogens (tertiary/aromatic N) is 2. The summed E-state index contributed by atoms with van der Waals surface area (Å²) in [6.07, 6.45) is 1.88. The van der Waals surface area contributed by atoms with E-state index in [1.54, 1.807) is 16.8 Å². The summed E-state index contributed by atoms with van der Waals surface area (Å²) in [5, 5.41) is 4.39. The molecule has 0 aliphatic carbocycles. The quantitative estimate of drug-likeness (QED) is 0.655. The first kappa shape index (κ1) is 13.7. The number of aromatic nitrogens is 2. The lowest BCUT2D eigenvalue weighted by Crippen LogP contribution is -2.41. The molecule has 2 aromatic rings. The monoisotopic (exact) mass is 262 g/mol. The topological polar surface area (TPSA) is 55.9 Å². The van der Waals surface area contributed by atoms with Gasteiger partial charge >= 0.3 is 0 Å². The molecular weight excluding hydrogens is 243 g/mol. The number of rotatable bonds is 4. The van der Waals surface area contributed by atoms with Crippen LogP contribution < -0.4 is 11.3 Å². The molecule has 2 rings (SSSR count). The minimum atomic E-state index is -0.309. The van der Waals surface area contributed by atoms with Gasteiger partial charge in [0.1, 0.15) is 5.82 Å². The van der Waals surface area contributed by atoms with Crippen LogP contribution in [0.25, 0.3) is 0 Å². The van der Waals surface area contributed by atoms with Gasteiger partial charge in [0.15, 0.2) is 0 Å². The van der Waals surface area contributed by atoms with E-state index in [4.69, 9.17) is 5.84 Å². The minimum absolute atomic E-state index is 0.154. The third kappa shape index (κ3) is 2.67. The van der Waals surface area contributed by atoms with Crippen molar-refractivity contribution < 1.29 is 4.39 Å². The van der Waals surface area contributed by atoms with E-state index in [0.717, 1.165) is 11.3 Å². The Bertz CT molecular complexity index is 545. The van der Waals surface area contributed by atoms with Crippen LogP contribution in [0, 0.1) is 5.82 Å². The maximum absolute atomic E-state index is 13.0. The number of nitrogens with two attached hydrogens (primary N) is 1. The van der Waals surface area contributed by atoms with E-state index in [9.17, 15) is 4.39 Å². The number of benzene rings is 1. The molecule has 0 aliphatic heterocycles. The zero-order valence-corrected chi connectivity index (χ0v) is 11.4. The van der Waals surface area contributed by atoms with Crippen LogP contribution in [0.4, 0.5) is 4.39 Å². The second-order valence-corrected chi connectivity index (χ2v) is 5.24. The third-order valence-corrected chi connectivity index (χ3v) is 3.51. The summed E-state index contributed by atoms with van der Waals surface area (Å²) >= 11 is 0. The molecule has 3 N–H and O–H groups in total. The Hall–Kier alpha value is -1.72. The molecule has 0 fully saturated rings. The largest absolute Gasteiger partial charge is 0.275 e. The van der Waals surface area contributed by atoms with Gasteiger partial charge in [0.2, 0.25) is 0 Å². The molecule has 5 heteroatoms. The van der Waals surface area contributed by atoms with Gasteiger partial charge in [0, 0.05) is 18.7 Å². The van der Waals surface area contributed by atoms with Crippen LogP contribution in [-0.2, 0) is 12.5 Å². The van der Waals surface area contributed by atoms with Crippen LogP contribution in [0.15, 0.2) is 36.5 Å². The molecule has 1 aromatic carbocycles. The van der Waals surface area contributed by atoms with Crippen LogP contribution in [0.3, 0.4) is 0 Å². The Kier molecular flexibility index (Phi) is 3.68. The van der Waals surface area contributed by atoms with Crippen molar-refractivity contribution in [3.8, 4) is 0 Å². The Morgan fingerprint density at radius 3 is 2.37 bits per heavy atom. The molecule has 1 unspecified atom stereocenters. The molecule has 19 heavy (non-hydrogen) atoms. The van der Waals surface area contributed by atoms with Gasteiger partial charge in [-0.3, -0.25) is 16.0 Å². The first-order valence-corrected chi connectivity index (χ1v) is 6.17. The van der Waals surface area contributed by atoms with Crippen molar-refractivity contribution in [1.82, 2.24) is 15.2 Å². The number of hydrogen-bond donors (Lipinski definition) is 2. The van der Waals surface area contributed by atoms with Crippen LogP contribution in [0.2, 0.25) is 0 Å². The Labute approximate surface area is 112 Å². The van der Waals surface area contributed by atoms with Crippen molar-refractivity contribution in [2.24, 2.45) is 12.9 Å². The number of halogens is 1. The van der Waals surface area contributed by atoms with Gasteiger partial charge in [-0.15, -0.1) is 0 Å². The Morgan fingerprint density at radius 2 is 1.89 bits per heavy atom. The van der Waals surface area contributed by atoms with Gasteiger partial charge in [-0.05, 0) is 23.8 Å². The van der Waals surface area contributed by atoms with Crippen molar-refractivity contribution in [3.63, 3.8) is 0 Å². The number of hydrazine groups is 1. The smallest absolute Gasteiger partial charge is 0.123 e. The average molecular weight is 262 g/mol. The van der Waals surface area contributed by atoms with Crippen LogP contribution in [0.1, 0.15) is 31.1 Å². The second-order valence-electron chi connectivity index (χ2n) is 5.24. The highest BCUT2D eigenvalue weighted by molar-refractivity contribution is 5.29. The van der Waals surface area contributed by atoms with E-state index >= 15 is 0 Å². The van der Waals surface area contributed by atoms with Crippen molar-refractivity contribution in [3.05, 3.63) is 53.6 Å². The molecule has 0 saturated carbocycles. The van der Waals surface area contributed by atoms with Crippen molar-refractivity contribution in [1.29, 1.82) is 0 Å². The number of nitrogens with one attached hydrogen (secondary N) is 1. The van der Waals surface area contributed by atoms with Gasteiger partial charge in [0.25, 0.3) is 0 Å². The van der Waals surface area contributed by atoms with Crippen molar-refractivity contribution >= 4 is 0 Å². The molecular formula is C14H19FN4. The van der Waals surface area contributed by atoms with E-state index in [2.05, 4.69) is 24.4 Å². The molecule has 0 spiro atoms. The molecule has 1 heterocycles. The van der Waals surface area contributed by atoms with Crippen molar-refractivity contribution in [2.45, 2.75) is 25.3 Å². The standard InChI is InChI=1S/C14H19FN4/c1-14(2,10-4-6-11(15)7-5-10)13(17-16)12-8-9-19(3)18-12/h4-9,13,17H,16H2,1-3H3. The molecule has 0 radical (unpaired) electrons. The molecule has 4 nitrogen and oxygen atoms in total. The van der Waals surface area contributed by atoms with Crippen LogP contribution in [0.5, 0.6) is 0 Å². The van der Waals surface area contributed by atoms with Gasteiger partial charge in [-0.25, -0.2) is 4.39 Å². The predicted octanol–water partition coefficient (Wildman–Crippen LogP) is 2.04. The van der Waals surface area contributed by atoms with Gasteiger partial charge in [-0.2, -0.15) is 5.10 Å². The van der Waals surface area contributed by atoms with E-state index < -0.39 is 0 Å². The highest BCUT2D eigenvalue weighted by atomic mass is 19.1. The maximum atomic E-state index is 13.0. The third-order valence-electron chi connectivity index (χ3n) is 3.51. The fraction of sp³-hybridized carbons (Fsp3) is 0.357. The van der Waals surface area contributed by atoms with E-state index in [0.29, 0.717) is 0 Å². The summed E-state index contributed by atoms with van der Waals surface area (Å²) in [7, 11) is 1.86.